The topological polar surface area (TPSA) is 32.3 Å². The van der Waals surface area contributed by atoms with E-state index in [-0.39, 0.29) is 6.10 Å². The first kappa shape index (κ1) is 7.03. The summed E-state index contributed by atoms with van der Waals surface area (Å²) in [5, 5.41) is 12.3. The number of hydrogen-bond donors (Lipinski definition) is 2. The van der Waals surface area contributed by atoms with Crippen LogP contribution in [0.25, 0.3) is 0 Å². The average Bonchev–Trinajstić information content (AvgIpc) is 2.14. The van der Waals surface area contributed by atoms with Gasteiger partial charge in [0.1, 0.15) is 0 Å². The average molecular weight is 129 g/mol. The van der Waals surface area contributed by atoms with Gasteiger partial charge in [-0.15, -0.1) is 0 Å². The van der Waals surface area contributed by atoms with Crippen molar-refractivity contribution in [2.45, 2.75) is 32.4 Å². The molecule has 0 aromatic heterocycles. The molecule has 1 rings (SSSR count). The van der Waals surface area contributed by atoms with Gasteiger partial charge in [0.05, 0.1) is 6.10 Å². The highest BCUT2D eigenvalue weighted by Gasteiger charge is 2.23. The molecule has 0 bridgehead atoms. The minimum absolute atomic E-state index is 0.0996. The lowest BCUT2D eigenvalue weighted by Crippen LogP contribution is -2.26. The largest absolute Gasteiger partial charge is 0.392 e. The maximum atomic E-state index is 9.09. The van der Waals surface area contributed by atoms with Crippen LogP contribution in [0, 0.1) is 5.92 Å². The second kappa shape index (κ2) is 2.67. The Balaban J connectivity index is 2.30. The van der Waals surface area contributed by atoms with Crippen molar-refractivity contribution < 1.29 is 5.11 Å². The maximum Gasteiger partial charge on any atom is 0.0679 e. The van der Waals surface area contributed by atoms with Gasteiger partial charge in [0, 0.05) is 12.6 Å². The van der Waals surface area contributed by atoms with Gasteiger partial charge in [-0.25, -0.2) is 0 Å². The van der Waals surface area contributed by atoms with Crippen LogP contribution in [-0.2, 0) is 0 Å². The van der Waals surface area contributed by atoms with E-state index in [0.717, 1.165) is 13.0 Å². The van der Waals surface area contributed by atoms with E-state index in [4.69, 9.17) is 5.11 Å². The van der Waals surface area contributed by atoms with Crippen molar-refractivity contribution in [1.82, 2.24) is 5.32 Å². The van der Waals surface area contributed by atoms with Gasteiger partial charge in [-0.05, 0) is 12.3 Å². The molecule has 1 aliphatic rings. The van der Waals surface area contributed by atoms with Crippen molar-refractivity contribution in [3.63, 3.8) is 0 Å². The first-order chi connectivity index (χ1) is 4.20. The zero-order chi connectivity index (χ0) is 6.85. The van der Waals surface area contributed by atoms with Crippen LogP contribution in [0.5, 0.6) is 0 Å². The molecule has 2 atom stereocenters. The lowest BCUT2D eigenvalue weighted by Gasteiger charge is -2.12. The molecule has 1 heterocycles. The number of β-amino-alcohol motifs (C(OH)–C–C–N with tert-alkyl or cyclic N) is 1. The van der Waals surface area contributed by atoms with Crippen LogP contribution in [0.1, 0.15) is 20.3 Å². The van der Waals surface area contributed by atoms with Crippen LogP contribution in [0.2, 0.25) is 0 Å². The van der Waals surface area contributed by atoms with E-state index >= 15 is 0 Å². The lowest BCUT2D eigenvalue weighted by atomic mass is 10.0. The number of aliphatic hydroxyl groups excluding tert-OH is 1. The predicted molar refractivity (Wildman–Crippen MR) is 37.3 cm³/mol. The minimum atomic E-state index is -0.0996. The molecule has 0 spiro atoms. The van der Waals surface area contributed by atoms with E-state index in [1.165, 1.54) is 0 Å². The highest BCUT2D eigenvalue weighted by molar-refractivity contribution is 4.82. The molecule has 2 heteroatoms. The van der Waals surface area contributed by atoms with Crippen LogP contribution in [0.4, 0.5) is 0 Å². The fraction of sp³-hybridized carbons (Fsp3) is 1.00. The monoisotopic (exact) mass is 129 g/mol. The molecule has 0 radical (unpaired) electrons. The summed E-state index contributed by atoms with van der Waals surface area (Å²) in [6.07, 6.45) is 0.829. The van der Waals surface area contributed by atoms with Crippen molar-refractivity contribution >= 4 is 0 Å². The first-order valence-electron chi connectivity index (χ1n) is 3.61. The maximum absolute atomic E-state index is 9.09. The SMILES string of the molecule is CC(C)C1C[C@H](O)CN1. The van der Waals surface area contributed by atoms with Gasteiger partial charge in [0.25, 0.3) is 0 Å². The van der Waals surface area contributed by atoms with Gasteiger partial charge in [-0.2, -0.15) is 0 Å². The zero-order valence-corrected chi connectivity index (χ0v) is 6.09. The third-order valence-corrected chi connectivity index (χ3v) is 1.95. The Hall–Kier alpha value is -0.0800. The minimum Gasteiger partial charge on any atom is -0.392 e. The Morgan fingerprint density at radius 2 is 2.22 bits per heavy atom. The summed E-state index contributed by atoms with van der Waals surface area (Å²) in [7, 11) is 0. The number of nitrogens with one attached hydrogen (secondary N) is 1. The zero-order valence-electron chi connectivity index (χ0n) is 6.09. The van der Waals surface area contributed by atoms with Crippen molar-refractivity contribution in [3.8, 4) is 0 Å². The van der Waals surface area contributed by atoms with Crippen molar-refractivity contribution in [2.24, 2.45) is 5.92 Å². The molecular formula is C7H15NO. The van der Waals surface area contributed by atoms with Gasteiger partial charge in [0.2, 0.25) is 0 Å². The van der Waals surface area contributed by atoms with Gasteiger partial charge < -0.3 is 10.4 Å². The summed E-state index contributed by atoms with van der Waals surface area (Å²) in [6.45, 7) is 5.13. The van der Waals surface area contributed by atoms with Crippen LogP contribution < -0.4 is 5.32 Å². The Kier molecular flexibility index (Phi) is 2.09. The van der Waals surface area contributed by atoms with E-state index in [0.29, 0.717) is 12.0 Å². The van der Waals surface area contributed by atoms with E-state index in [1.807, 2.05) is 0 Å². The van der Waals surface area contributed by atoms with E-state index in [9.17, 15) is 0 Å². The molecule has 2 nitrogen and oxygen atoms in total. The molecule has 0 aromatic rings. The summed E-state index contributed by atoms with van der Waals surface area (Å²) in [4.78, 5) is 0. The first-order valence-corrected chi connectivity index (χ1v) is 3.61. The molecule has 1 aliphatic heterocycles. The molecule has 0 aliphatic carbocycles. The quantitative estimate of drug-likeness (QED) is 0.536. The number of aliphatic hydroxyl groups is 1. The molecule has 0 aromatic carbocycles. The molecular weight excluding hydrogens is 114 g/mol. The van der Waals surface area contributed by atoms with Gasteiger partial charge in [0.15, 0.2) is 0 Å². The summed E-state index contributed by atoms with van der Waals surface area (Å²) in [6, 6.07) is 0.542. The molecule has 1 unspecified atom stereocenters. The van der Waals surface area contributed by atoms with Crippen molar-refractivity contribution in [1.29, 1.82) is 0 Å². The fourth-order valence-corrected chi connectivity index (χ4v) is 1.26. The Bertz CT molecular complexity index is 92.9. The number of hydrogen-bond acceptors (Lipinski definition) is 2. The molecule has 0 amide bonds. The Morgan fingerprint density at radius 3 is 2.44 bits per heavy atom. The normalized spacial score (nSPS) is 36.0. The van der Waals surface area contributed by atoms with Crippen molar-refractivity contribution in [3.05, 3.63) is 0 Å². The fourth-order valence-electron chi connectivity index (χ4n) is 1.26. The Morgan fingerprint density at radius 1 is 1.56 bits per heavy atom. The second-order valence-electron chi connectivity index (χ2n) is 3.15. The molecule has 1 saturated heterocycles. The molecule has 0 saturated carbocycles. The Labute approximate surface area is 56.3 Å². The molecule has 9 heavy (non-hydrogen) atoms. The van der Waals surface area contributed by atoms with Gasteiger partial charge >= 0.3 is 0 Å². The van der Waals surface area contributed by atoms with Crippen LogP contribution >= 0.6 is 0 Å². The molecule has 54 valence electrons. The summed E-state index contributed by atoms with van der Waals surface area (Å²) >= 11 is 0. The van der Waals surface area contributed by atoms with Crippen LogP contribution in [0.3, 0.4) is 0 Å². The summed E-state index contributed by atoms with van der Waals surface area (Å²) < 4.78 is 0. The van der Waals surface area contributed by atoms with Crippen LogP contribution in [-0.4, -0.2) is 23.8 Å². The lowest BCUT2D eigenvalue weighted by molar-refractivity contribution is 0.190. The van der Waals surface area contributed by atoms with Crippen molar-refractivity contribution in [2.75, 3.05) is 6.54 Å². The van der Waals surface area contributed by atoms with Gasteiger partial charge in [-0.3, -0.25) is 0 Å². The number of rotatable bonds is 1. The smallest absolute Gasteiger partial charge is 0.0679 e. The van der Waals surface area contributed by atoms with E-state index in [2.05, 4.69) is 19.2 Å². The highest BCUT2D eigenvalue weighted by atomic mass is 16.3. The van der Waals surface area contributed by atoms with Crippen LogP contribution in [0.15, 0.2) is 0 Å². The van der Waals surface area contributed by atoms with E-state index in [1.54, 1.807) is 0 Å². The summed E-state index contributed by atoms with van der Waals surface area (Å²) in [5.74, 6) is 0.655. The molecule has 1 fully saturated rings. The highest BCUT2D eigenvalue weighted by Crippen LogP contribution is 2.13. The third-order valence-electron chi connectivity index (χ3n) is 1.95. The second-order valence-corrected chi connectivity index (χ2v) is 3.15. The summed E-state index contributed by atoms with van der Waals surface area (Å²) in [5.41, 5.74) is 0. The predicted octanol–water partition coefficient (Wildman–Crippen LogP) is 0.365. The van der Waals surface area contributed by atoms with Gasteiger partial charge in [-0.1, -0.05) is 13.8 Å². The van der Waals surface area contributed by atoms with E-state index < -0.39 is 0 Å². The standard InChI is InChI=1S/C7H15NO/c1-5(2)7-3-6(9)4-8-7/h5-9H,3-4H2,1-2H3/t6-,7?/m0/s1. The third kappa shape index (κ3) is 1.66. The molecule has 2 N–H and O–H groups in total.